The third-order valence-corrected chi connectivity index (χ3v) is 2.33. The molecular weight excluding hydrogens is 237 g/mol. The number of aliphatic hydroxyl groups excluding tert-OH is 1. The first-order valence-corrected chi connectivity index (χ1v) is 5.16. The molecule has 0 amide bonds. The van der Waals surface area contributed by atoms with Crippen molar-refractivity contribution in [3.8, 4) is 11.5 Å². The molecule has 0 radical (unpaired) electrons. The normalized spacial score (nSPS) is 12.2. The molecule has 4 nitrogen and oxygen atoms in total. The molecule has 90 valence electrons. The lowest BCUT2D eigenvalue weighted by Crippen LogP contribution is -2.21. The Morgan fingerprint density at radius 3 is 2.81 bits per heavy atom. The van der Waals surface area contributed by atoms with Gasteiger partial charge in [-0.15, -0.1) is 11.6 Å². The van der Waals surface area contributed by atoms with Gasteiger partial charge in [0.1, 0.15) is 5.75 Å². The minimum Gasteiger partial charge on any atom is -0.505 e. The van der Waals surface area contributed by atoms with Crippen LogP contribution >= 0.6 is 11.6 Å². The summed E-state index contributed by atoms with van der Waals surface area (Å²) in [4.78, 5) is 0. The van der Waals surface area contributed by atoms with Gasteiger partial charge in [-0.05, 0) is 0 Å². The van der Waals surface area contributed by atoms with Crippen LogP contribution in [0.5, 0.6) is 11.5 Å². The summed E-state index contributed by atoms with van der Waals surface area (Å²) < 4.78 is 17.9. The van der Waals surface area contributed by atoms with Crippen molar-refractivity contribution in [2.75, 3.05) is 24.9 Å². The van der Waals surface area contributed by atoms with Gasteiger partial charge in [-0.3, -0.25) is 0 Å². The molecule has 1 rings (SSSR count). The quantitative estimate of drug-likeness (QED) is 0.693. The van der Waals surface area contributed by atoms with E-state index in [-0.39, 0.29) is 18.2 Å². The number of phenols is 1. The molecule has 0 aliphatic rings. The lowest BCUT2D eigenvalue weighted by Gasteiger charge is -2.13. The number of rotatable bonds is 5. The van der Waals surface area contributed by atoms with E-state index in [0.717, 1.165) is 6.07 Å². The summed E-state index contributed by atoms with van der Waals surface area (Å²) in [5.41, 5.74) is 0.394. The summed E-state index contributed by atoms with van der Waals surface area (Å²) in [6.45, 7) is 0.185. The van der Waals surface area contributed by atoms with Crippen molar-refractivity contribution < 1.29 is 19.3 Å². The van der Waals surface area contributed by atoms with Crippen LogP contribution in [0, 0.1) is 5.82 Å². The van der Waals surface area contributed by atoms with Crippen molar-refractivity contribution in [2.24, 2.45) is 0 Å². The summed E-state index contributed by atoms with van der Waals surface area (Å²) in [6, 6.07) is 2.25. The predicted molar refractivity (Wildman–Crippen MR) is 59.8 cm³/mol. The van der Waals surface area contributed by atoms with E-state index < -0.39 is 17.7 Å². The molecule has 1 atom stereocenters. The largest absolute Gasteiger partial charge is 0.505 e. The highest BCUT2D eigenvalue weighted by Crippen LogP contribution is 2.31. The maximum absolute atomic E-state index is 13.0. The van der Waals surface area contributed by atoms with Gasteiger partial charge in [0, 0.05) is 18.7 Å². The third kappa shape index (κ3) is 3.15. The number of hydrogen-bond acceptors (Lipinski definition) is 4. The average Bonchev–Trinajstić information content (AvgIpc) is 2.29. The number of aliphatic hydroxyl groups is 1. The van der Waals surface area contributed by atoms with Gasteiger partial charge in [-0.2, -0.15) is 0 Å². The van der Waals surface area contributed by atoms with E-state index in [9.17, 15) is 14.6 Å². The van der Waals surface area contributed by atoms with Crippen LogP contribution < -0.4 is 10.1 Å². The first-order valence-electron chi connectivity index (χ1n) is 4.63. The van der Waals surface area contributed by atoms with Gasteiger partial charge in [-0.1, -0.05) is 0 Å². The van der Waals surface area contributed by atoms with E-state index in [1.807, 2.05) is 0 Å². The molecule has 0 aliphatic carbocycles. The standard InChI is InChI=1S/C10H13ClFNO3/c1-16-10-2-7(12)9(15)3-8(10)13-5-6(14)4-11/h2-3,6,13-15H,4-5H2,1H3. The number of nitrogens with one attached hydrogen (secondary N) is 1. The Morgan fingerprint density at radius 1 is 1.56 bits per heavy atom. The highest BCUT2D eigenvalue weighted by atomic mass is 35.5. The van der Waals surface area contributed by atoms with Crippen LogP contribution in [0.1, 0.15) is 0 Å². The fourth-order valence-electron chi connectivity index (χ4n) is 1.13. The average molecular weight is 250 g/mol. The number of benzene rings is 1. The Balaban J connectivity index is 2.81. The molecule has 6 heteroatoms. The zero-order chi connectivity index (χ0) is 12.1. The molecule has 0 aromatic heterocycles. The zero-order valence-corrected chi connectivity index (χ0v) is 9.46. The van der Waals surface area contributed by atoms with Crippen LogP contribution in [0.2, 0.25) is 0 Å². The molecular formula is C10H13ClFNO3. The Kier molecular flexibility index (Phi) is 4.64. The molecule has 0 bridgehead atoms. The number of anilines is 1. The first kappa shape index (κ1) is 12.9. The number of halogens is 2. The summed E-state index contributed by atoms with van der Waals surface area (Å²) in [7, 11) is 1.38. The Morgan fingerprint density at radius 2 is 2.25 bits per heavy atom. The van der Waals surface area contributed by atoms with Crippen LogP contribution in [0.25, 0.3) is 0 Å². The van der Waals surface area contributed by atoms with Gasteiger partial charge < -0.3 is 20.3 Å². The van der Waals surface area contributed by atoms with Gasteiger partial charge in [0.05, 0.1) is 24.8 Å². The Labute approximate surface area is 97.6 Å². The van der Waals surface area contributed by atoms with Gasteiger partial charge in [0.15, 0.2) is 11.6 Å². The minimum atomic E-state index is -0.764. The van der Waals surface area contributed by atoms with Crippen molar-refractivity contribution in [2.45, 2.75) is 6.10 Å². The zero-order valence-electron chi connectivity index (χ0n) is 8.70. The molecule has 0 saturated heterocycles. The smallest absolute Gasteiger partial charge is 0.168 e. The highest BCUT2D eigenvalue weighted by Gasteiger charge is 2.10. The molecule has 3 N–H and O–H groups in total. The fraction of sp³-hybridized carbons (Fsp3) is 0.400. The van der Waals surface area contributed by atoms with Gasteiger partial charge >= 0.3 is 0 Å². The molecule has 0 saturated carbocycles. The van der Waals surface area contributed by atoms with E-state index in [1.54, 1.807) is 0 Å². The number of phenolic OH excluding ortho intramolecular Hbond substituents is 1. The lowest BCUT2D eigenvalue weighted by atomic mass is 10.2. The molecule has 0 spiro atoms. The number of alkyl halides is 1. The summed E-state index contributed by atoms with van der Waals surface area (Å²) in [5, 5.41) is 21.2. The second-order valence-corrected chi connectivity index (χ2v) is 3.50. The molecule has 0 heterocycles. The second kappa shape index (κ2) is 5.77. The van der Waals surface area contributed by atoms with Gasteiger partial charge in [-0.25, -0.2) is 4.39 Å². The SMILES string of the molecule is COc1cc(F)c(O)cc1NCC(O)CCl. The van der Waals surface area contributed by atoms with Crippen LogP contribution in [0.3, 0.4) is 0 Å². The molecule has 16 heavy (non-hydrogen) atoms. The molecule has 1 aromatic carbocycles. The first-order chi connectivity index (χ1) is 7.58. The Bertz CT molecular complexity index is 362. The Hall–Kier alpha value is -1.20. The van der Waals surface area contributed by atoms with Crippen molar-refractivity contribution in [3.05, 3.63) is 17.9 Å². The number of hydrogen-bond donors (Lipinski definition) is 3. The summed E-state index contributed by atoms with van der Waals surface area (Å²) in [5.74, 6) is -0.913. The molecule has 1 unspecified atom stereocenters. The fourth-order valence-corrected chi connectivity index (χ4v) is 1.24. The summed E-state index contributed by atoms with van der Waals surface area (Å²) in [6.07, 6.45) is -0.724. The molecule has 1 aromatic rings. The molecule has 0 fully saturated rings. The van der Waals surface area contributed by atoms with E-state index in [0.29, 0.717) is 5.69 Å². The summed E-state index contributed by atoms with van der Waals surface area (Å²) >= 11 is 5.42. The van der Waals surface area contributed by atoms with E-state index >= 15 is 0 Å². The lowest BCUT2D eigenvalue weighted by molar-refractivity contribution is 0.211. The third-order valence-electron chi connectivity index (χ3n) is 1.98. The number of ether oxygens (including phenoxy) is 1. The highest BCUT2D eigenvalue weighted by molar-refractivity contribution is 6.18. The number of aromatic hydroxyl groups is 1. The topological polar surface area (TPSA) is 61.7 Å². The monoisotopic (exact) mass is 249 g/mol. The van der Waals surface area contributed by atoms with Crippen molar-refractivity contribution in [1.82, 2.24) is 0 Å². The minimum absolute atomic E-state index is 0.0858. The van der Waals surface area contributed by atoms with Crippen LogP contribution in [0.4, 0.5) is 10.1 Å². The van der Waals surface area contributed by atoms with Crippen molar-refractivity contribution in [1.29, 1.82) is 0 Å². The van der Waals surface area contributed by atoms with Crippen molar-refractivity contribution >= 4 is 17.3 Å². The number of methoxy groups -OCH3 is 1. The van der Waals surface area contributed by atoms with Crippen LogP contribution in [0.15, 0.2) is 12.1 Å². The van der Waals surface area contributed by atoms with Gasteiger partial charge in [0.2, 0.25) is 0 Å². The van der Waals surface area contributed by atoms with E-state index in [4.69, 9.17) is 16.3 Å². The maximum atomic E-state index is 13.0. The molecule has 0 aliphatic heterocycles. The van der Waals surface area contributed by atoms with Crippen molar-refractivity contribution in [3.63, 3.8) is 0 Å². The second-order valence-electron chi connectivity index (χ2n) is 3.19. The van der Waals surface area contributed by atoms with Crippen LogP contribution in [-0.2, 0) is 0 Å². The van der Waals surface area contributed by atoms with Crippen LogP contribution in [-0.4, -0.2) is 35.9 Å². The predicted octanol–water partition coefficient (Wildman–Crippen LogP) is 1.55. The van der Waals surface area contributed by atoms with E-state index in [2.05, 4.69) is 5.32 Å². The maximum Gasteiger partial charge on any atom is 0.168 e. The van der Waals surface area contributed by atoms with E-state index in [1.165, 1.54) is 13.2 Å². The van der Waals surface area contributed by atoms with Gasteiger partial charge in [0.25, 0.3) is 0 Å².